The minimum atomic E-state index is -1.24. The van der Waals surface area contributed by atoms with Crippen LogP contribution in [-0.2, 0) is 39.5 Å². The number of alkyl halides is 4. The number of nitrogens with two attached hydrogens (primary N) is 2. The SMILES string of the molecule is NC(Cc1ccc(N(CCCl)CCCl)cc1)C(=O)[O-].NC(Cc1ccc(N(CCCl)CCCl)cc1)C(=O)[O-].[Cu+2]. The number of carboxylic acid groups (broad SMARTS) is 2. The number of hydrogen-bond acceptors (Lipinski definition) is 8. The van der Waals surface area contributed by atoms with E-state index in [1.165, 1.54) is 0 Å². The molecule has 0 spiro atoms. The zero-order chi connectivity index (χ0) is 28.5. The van der Waals surface area contributed by atoms with Gasteiger partial charge in [0.25, 0.3) is 0 Å². The van der Waals surface area contributed by atoms with Crippen molar-refractivity contribution in [2.75, 3.05) is 59.5 Å². The van der Waals surface area contributed by atoms with Crippen LogP contribution in [0.3, 0.4) is 0 Å². The van der Waals surface area contributed by atoms with Crippen LogP contribution >= 0.6 is 46.4 Å². The Morgan fingerprint density at radius 3 is 1.08 bits per heavy atom. The molecule has 0 aliphatic heterocycles. The van der Waals surface area contributed by atoms with Crippen molar-refractivity contribution in [1.82, 2.24) is 0 Å². The molecule has 13 heteroatoms. The Morgan fingerprint density at radius 2 is 0.872 bits per heavy atom. The molecule has 2 rings (SSSR count). The summed E-state index contributed by atoms with van der Waals surface area (Å²) in [5, 5.41) is 21.2. The van der Waals surface area contributed by atoms with Crippen LogP contribution in [0.5, 0.6) is 0 Å². The third kappa shape index (κ3) is 14.7. The summed E-state index contributed by atoms with van der Waals surface area (Å²) in [5.74, 6) is -0.393. The van der Waals surface area contributed by atoms with E-state index in [1.807, 2.05) is 48.5 Å². The number of rotatable bonds is 16. The fourth-order valence-electron chi connectivity index (χ4n) is 3.51. The number of carbonyl (C=O) groups is 2. The molecule has 0 aliphatic rings. The molecule has 2 unspecified atom stereocenters. The number of aliphatic carboxylic acids is 2. The van der Waals surface area contributed by atoms with Crippen molar-refractivity contribution in [2.24, 2.45) is 11.5 Å². The molecule has 0 heterocycles. The first kappa shape index (κ1) is 37.6. The van der Waals surface area contributed by atoms with Crippen LogP contribution in [0.25, 0.3) is 0 Å². The minimum absolute atomic E-state index is 0. The number of halogens is 4. The van der Waals surface area contributed by atoms with Crippen molar-refractivity contribution < 1.29 is 36.9 Å². The summed E-state index contributed by atoms with van der Waals surface area (Å²) in [5.41, 5.74) is 14.6. The average molecular weight is 672 g/mol. The van der Waals surface area contributed by atoms with Gasteiger partial charge in [0, 0.05) is 73.2 Å². The van der Waals surface area contributed by atoms with Gasteiger partial charge in [-0.1, -0.05) is 24.3 Å². The summed E-state index contributed by atoms with van der Waals surface area (Å²) in [7, 11) is 0. The number of anilines is 2. The Bertz CT molecular complexity index is 868. The maximum atomic E-state index is 10.6. The van der Waals surface area contributed by atoms with Crippen LogP contribution in [-0.4, -0.2) is 73.7 Å². The van der Waals surface area contributed by atoms with Gasteiger partial charge in [-0.2, -0.15) is 0 Å². The largest absolute Gasteiger partial charge is 2.00 e. The Labute approximate surface area is 261 Å². The number of carboxylic acids is 2. The van der Waals surface area contributed by atoms with Crippen molar-refractivity contribution in [2.45, 2.75) is 24.9 Å². The molecule has 0 bridgehead atoms. The van der Waals surface area contributed by atoms with Gasteiger partial charge in [0.1, 0.15) is 0 Å². The normalized spacial score (nSPS) is 11.8. The second kappa shape index (κ2) is 21.3. The predicted molar refractivity (Wildman–Crippen MR) is 154 cm³/mol. The van der Waals surface area contributed by atoms with Gasteiger partial charge in [0.15, 0.2) is 0 Å². The quantitative estimate of drug-likeness (QED) is 0.201. The van der Waals surface area contributed by atoms with Crippen molar-refractivity contribution in [1.29, 1.82) is 0 Å². The molecule has 4 N–H and O–H groups in total. The van der Waals surface area contributed by atoms with Crippen LogP contribution in [0.1, 0.15) is 11.1 Å². The van der Waals surface area contributed by atoms with Gasteiger partial charge in [-0.05, 0) is 48.2 Å². The van der Waals surface area contributed by atoms with E-state index < -0.39 is 24.0 Å². The van der Waals surface area contributed by atoms with E-state index >= 15 is 0 Å². The summed E-state index contributed by atoms with van der Waals surface area (Å²) in [6.45, 7) is 2.86. The average Bonchev–Trinajstić information content (AvgIpc) is 2.89. The molecule has 2 aromatic rings. The monoisotopic (exact) mass is 669 g/mol. The third-order valence-corrected chi connectivity index (χ3v) is 6.21. The maximum Gasteiger partial charge on any atom is 2.00 e. The molecule has 2 aromatic carbocycles. The van der Waals surface area contributed by atoms with Gasteiger partial charge < -0.3 is 41.1 Å². The fourth-order valence-corrected chi connectivity index (χ4v) is 4.32. The van der Waals surface area contributed by atoms with Crippen molar-refractivity contribution in [3.05, 3.63) is 59.7 Å². The molecular formula is C26H34Cl4CuN4O4. The molecular weight excluding hydrogens is 638 g/mol. The molecule has 0 saturated heterocycles. The molecule has 221 valence electrons. The Hall–Kier alpha value is -1.42. The molecule has 0 saturated carbocycles. The molecule has 0 fully saturated rings. The van der Waals surface area contributed by atoms with Crippen molar-refractivity contribution in [3.8, 4) is 0 Å². The van der Waals surface area contributed by atoms with E-state index in [-0.39, 0.29) is 29.9 Å². The van der Waals surface area contributed by atoms with Gasteiger partial charge in [-0.15, -0.1) is 46.4 Å². The number of carbonyl (C=O) groups excluding carboxylic acids is 2. The van der Waals surface area contributed by atoms with E-state index in [2.05, 4.69) is 9.80 Å². The Kier molecular flexibility index (Phi) is 20.6. The van der Waals surface area contributed by atoms with E-state index in [9.17, 15) is 19.8 Å². The van der Waals surface area contributed by atoms with Crippen LogP contribution in [0.15, 0.2) is 48.5 Å². The molecule has 2 atom stereocenters. The third-order valence-electron chi connectivity index (χ3n) is 5.54. The predicted octanol–water partition coefficient (Wildman–Crippen LogP) is 1.18. The number of hydrogen-bond donors (Lipinski definition) is 2. The summed E-state index contributed by atoms with van der Waals surface area (Å²) in [6.07, 6.45) is 0.515. The molecule has 39 heavy (non-hydrogen) atoms. The van der Waals surface area contributed by atoms with Gasteiger partial charge in [0.05, 0.1) is 11.9 Å². The second-order valence-corrected chi connectivity index (χ2v) is 9.83. The molecule has 1 radical (unpaired) electrons. The topological polar surface area (TPSA) is 139 Å². The maximum absolute atomic E-state index is 10.6. The number of benzene rings is 2. The zero-order valence-electron chi connectivity index (χ0n) is 21.3. The first-order valence-corrected chi connectivity index (χ1v) is 14.1. The first-order valence-electron chi connectivity index (χ1n) is 12.0. The van der Waals surface area contributed by atoms with Crippen molar-refractivity contribution >= 4 is 69.7 Å². The van der Waals surface area contributed by atoms with Crippen molar-refractivity contribution in [3.63, 3.8) is 0 Å². The summed E-state index contributed by atoms with van der Waals surface area (Å²) in [6, 6.07) is 13.1. The number of nitrogens with zero attached hydrogens (tertiary/aromatic N) is 2. The van der Waals surface area contributed by atoms with Crippen LogP contribution in [0.2, 0.25) is 0 Å². The summed E-state index contributed by atoms with van der Waals surface area (Å²) >= 11 is 23.0. The van der Waals surface area contributed by atoms with E-state index in [1.54, 1.807) is 0 Å². The molecule has 8 nitrogen and oxygen atoms in total. The smallest absolute Gasteiger partial charge is 0.548 e. The fraction of sp³-hybridized carbons (Fsp3) is 0.462. The van der Waals surface area contributed by atoms with Gasteiger partial charge in [0.2, 0.25) is 0 Å². The Morgan fingerprint density at radius 1 is 0.615 bits per heavy atom. The van der Waals surface area contributed by atoms with E-state index in [4.69, 9.17) is 57.9 Å². The molecule has 0 amide bonds. The van der Waals surface area contributed by atoms with E-state index in [0.717, 1.165) is 22.5 Å². The summed E-state index contributed by atoms with van der Waals surface area (Å²) in [4.78, 5) is 25.3. The minimum Gasteiger partial charge on any atom is -0.548 e. The van der Waals surface area contributed by atoms with Crippen LogP contribution in [0.4, 0.5) is 11.4 Å². The first-order chi connectivity index (χ1) is 18.2. The van der Waals surface area contributed by atoms with Gasteiger partial charge >= 0.3 is 17.1 Å². The molecule has 0 aliphatic carbocycles. The van der Waals surface area contributed by atoms with E-state index in [0.29, 0.717) is 49.7 Å². The molecule has 0 aromatic heterocycles. The standard InChI is InChI=1S/2C13H18Cl2N2O2.Cu/c2*14-5-7-17(8-6-15)11-3-1-10(2-4-11)9-12(16)13(18)19;/h2*1-4,12H,5-9,16H2,(H,18,19);/q;;+2/p-2. The zero-order valence-corrected chi connectivity index (χ0v) is 25.3. The Balaban J connectivity index is 0.000000722. The van der Waals surface area contributed by atoms with Crippen LogP contribution < -0.4 is 31.5 Å². The van der Waals surface area contributed by atoms with Crippen LogP contribution in [0, 0.1) is 0 Å². The summed E-state index contributed by atoms with van der Waals surface area (Å²) < 4.78 is 0. The van der Waals surface area contributed by atoms with Gasteiger partial charge in [-0.25, -0.2) is 0 Å². The second-order valence-electron chi connectivity index (χ2n) is 8.32. The van der Waals surface area contributed by atoms with Gasteiger partial charge in [-0.3, -0.25) is 0 Å².